The van der Waals surface area contributed by atoms with Crippen molar-refractivity contribution in [2.75, 3.05) is 53.0 Å². The van der Waals surface area contributed by atoms with Gasteiger partial charge in [-0.05, 0) is 20.9 Å². The second-order valence-electron chi connectivity index (χ2n) is 4.94. The Balaban J connectivity index is 0.000000409. The van der Waals surface area contributed by atoms with Crippen molar-refractivity contribution >= 4 is 11.9 Å². The lowest BCUT2D eigenvalue weighted by Crippen LogP contribution is -2.47. The third kappa shape index (κ3) is 9.31. The van der Waals surface area contributed by atoms with Gasteiger partial charge in [0.05, 0.1) is 6.61 Å². The highest BCUT2D eigenvalue weighted by molar-refractivity contribution is 5.92. The van der Waals surface area contributed by atoms with Gasteiger partial charge in [-0.25, -0.2) is 4.79 Å². The predicted molar refractivity (Wildman–Crippen MR) is 86.5 cm³/mol. The summed E-state index contributed by atoms with van der Waals surface area (Å²) in [5.74, 6) is -0.303. The van der Waals surface area contributed by atoms with Crippen LogP contribution in [0.2, 0.25) is 0 Å². The Morgan fingerprint density at radius 1 is 1.18 bits per heavy atom. The molecule has 0 saturated carbocycles. The number of likely N-dealkylation sites (N-methyl/N-ethyl adjacent to an activating group) is 1. The summed E-state index contributed by atoms with van der Waals surface area (Å²) in [6.07, 6.45) is 1.13. The molecule has 0 aliphatic carbocycles. The van der Waals surface area contributed by atoms with E-state index in [1.54, 1.807) is 6.92 Å². The number of rotatable bonds is 6. The summed E-state index contributed by atoms with van der Waals surface area (Å²) in [5.41, 5.74) is 0.638. The number of ether oxygens (including phenoxy) is 2. The van der Waals surface area contributed by atoms with Crippen LogP contribution in [0.1, 0.15) is 13.8 Å². The summed E-state index contributed by atoms with van der Waals surface area (Å²) >= 11 is 0. The molecule has 22 heavy (non-hydrogen) atoms. The van der Waals surface area contributed by atoms with E-state index in [9.17, 15) is 9.59 Å². The highest BCUT2D eigenvalue weighted by Gasteiger charge is 2.18. The van der Waals surface area contributed by atoms with Crippen molar-refractivity contribution in [3.63, 3.8) is 0 Å². The van der Waals surface area contributed by atoms with E-state index in [4.69, 9.17) is 4.74 Å². The predicted octanol–water partition coefficient (Wildman–Crippen LogP) is 1.09. The van der Waals surface area contributed by atoms with Crippen molar-refractivity contribution in [2.45, 2.75) is 13.8 Å². The Morgan fingerprint density at radius 3 is 2.23 bits per heavy atom. The molecular formula is C16H28N2O4. The van der Waals surface area contributed by atoms with Crippen molar-refractivity contribution in [1.82, 2.24) is 9.80 Å². The highest BCUT2D eigenvalue weighted by Crippen LogP contribution is 2.03. The second-order valence-corrected chi connectivity index (χ2v) is 4.94. The average Bonchev–Trinajstić information content (AvgIpc) is 2.52. The van der Waals surface area contributed by atoms with E-state index in [1.165, 1.54) is 0 Å². The van der Waals surface area contributed by atoms with Gasteiger partial charge in [-0.1, -0.05) is 13.2 Å². The summed E-state index contributed by atoms with van der Waals surface area (Å²) in [5, 5.41) is 0. The maximum absolute atomic E-state index is 11.4. The minimum Gasteiger partial charge on any atom is -0.460 e. The molecule has 1 rings (SSSR count). The Hall–Kier alpha value is -1.66. The van der Waals surface area contributed by atoms with Gasteiger partial charge in [-0.2, -0.15) is 0 Å². The Kier molecular flexibility index (Phi) is 11.0. The topological polar surface area (TPSA) is 59.1 Å². The van der Waals surface area contributed by atoms with E-state index in [0.717, 1.165) is 32.3 Å². The third-order valence-electron chi connectivity index (χ3n) is 3.00. The van der Waals surface area contributed by atoms with Crippen LogP contribution in [0.25, 0.3) is 0 Å². The van der Waals surface area contributed by atoms with Crippen LogP contribution in [0.5, 0.6) is 0 Å². The molecule has 0 N–H and O–H groups in total. The molecule has 1 fully saturated rings. The van der Waals surface area contributed by atoms with Crippen LogP contribution in [0.4, 0.5) is 0 Å². The Morgan fingerprint density at radius 2 is 1.77 bits per heavy atom. The molecule has 0 aromatic rings. The van der Waals surface area contributed by atoms with Gasteiger partial charge < -0.3 is 19.3 Å². The molecule has 1 heterocycles. The van der Waals surface area contributed by atoms with Gasteiger partial charge >= 0.3 is 5.97 Å². The standard InChI is InChI=1S/C9H16N2O.C7H12O3/c1-8(2)9(12)11-6-4-10(3)5-7-11;1-3-7(8)10-6-5-9-4-2/h1,4-7H2,2-3H3;3H,1,4-6H2,2H3. The van der Waals surface area contributed by atoms with E-state index in [2.05, 4.69) is 29.8 Å². The monoisotopic (exact) mass is 312 g/mol. The van der Waals surface area contributed by atoms with E-state index in [0.29, 0.717) is 25.4 Å². The van der Waals surface area contributed by atoms with Gasteiger partial charge in [0.1, 0.15) is 6.61 Å². The number of hydrogen-bond donors (Lipinski definition) is 0. The largest absolute Gasteiger partial charge is 0.460 e. The summed E-state index contributed by atoms with van der Waals surface area (Å²) in [7, 11) is 2.07. The maximum atomic E-state index is 11.4. The lowest BCUT2D eigenvalue weighted by Gasteiger charge is -2.32. The fourth-order valence-electron chi connectivity index (χ4n) is 1.68. The average molecular weight is 312 g/mol. The molecule has 1 aliphatic heterocycles. The van der Waals surface area contributed by atoms with Gasteiger partial charge in [0.25, 0.3) is 0 Å². The molecule has 0 spiro atoms. The molecule has 1 amide bonds. The van der Waals surface area contributed by atoms with Crippen LogP contribution in [0, 0.1) is 0 Å². The maximum Gasteiger partial charge on any atom is 0.330 e. The summed E-state index contributed by atoms with van der Waals surface area (Å²) in [4.78, 5) is 25.9. The molecule has 1 saturated heterocycles. The molecule has 1 aliphatic rings. The zero-order valence-corrected chi connectivity index (χ0v) is 14.0. The smallest absolute Gasteiger partial charge is 0.330 e. The van der Waals surface area contributed by atoms with Crippen LogP contribution in [-0.2, 0) is 19.1 Å². The van der Waals surface area contributed by atoms with Crippen molar-refractivity contribution in [2.24, 2.45) is 0 Å². The quantitative estimate of drug-likeness (QED) is 0.417. The lowest BCUT2D eigenvalue weighted by molar-refractivity contribution is -0.139. The lowest BCUT2D eigenvalue weighted by atomic mass is 10.2. The number of hydrogen-bond acceptors (Lipinski definition) is 5. The van der Waals surface area contributed by atoms with Gasteiger partial charge in [0, 0.05) is 44.4 Å². The van der Waals surface area contributed by atoms with E-state index in [-0.39, 0.29) is 5.91 Å². The van der Waals surface area contributed by atoms with Crippen LogP contribution < -0.4 is 0 Å². The highest BCUT2D eigenvalue weighted by atomic mass is 16.6. The van der Waals surface area contributed by atoms with Crippen LogP contribution >= 0.6 is 0 Å². The zero-order valence-electron chi connectivity index (χ0n) is 14.0. The minimum absolute atomic E-state index is 0.100. The first-order valence-corrected chi connectivity index (χ1v) is 7.42. The van der Waals surface area contributed by atoms with Gasteiger partial charge in [0.2, 0.25) is 5.91 Å². The van der Waals surface area contributed by atoms with Crippen LogP contribution in [0.3, 0.4) is 0 Å². The fourth-order valence-corrected chi connectivity index (χ4v) is 1.68. The van der Waals surface area contributed by atoms with Crippen LogP contribution in [-0.4, -0.2) is 74.7 Å². The van der Waals surface area contributed by atoms with Gasteiger partial charge in [0.15, 0.2) is 0 Å². The number of carbonyl (C=O) groups excluding carboxylic acids is 2. The molecule has 0 bridgehead atoms. The summed E-state index contributed by atoms with van der Waals surface area (Å²) in [6.45, 7) is 15.6. The molecule has 0 radical (unpaired) electrons. The first kappa shape index (κ1) is 20.3. The number of amides is 1. The minimum atomic E-state index is -0.403. The van der Waals surface area contributed by atoms with Crippen molar-refractivity contribution < 1.29 is 19.1 Å². The third-order valence-corrected chi connectivity index (χ3v) is 3.00. The van der Waals surface area contributed by atoms with Crippen LogP contribution in [0.15, 0.2) is 24.8 Å². The SMILES string of the molecule is C=C(C)C(=O)N1CCN(C)CC1.C=CC(=O)OCCOCC. The van der Waals surface area contributed by atoms with E-state index < -0.39 is 5.97 Å². The molecule has 0 aromatic carbocycles. The Labute approximate surface area is 133 Å². The van der Waals surface area contributed by atoms with E-state index >= 15 is 0 Å². The number of carbonyl (C=O) groups is 2. The summed E-state index contributed by atoms with van der Waals surface area (Å²) in [6, 6.07) is 0. The molecule has 0 unspecified atom stereocenters. The van der Waals surface area contributed by atoms with Gasteiger partial charge in [-0.3, -0.25) is 4.79 Å². The Bertz CT molecular complexity index is 374. The van der Waals surface area contributed by atoms with Crippen molar-refractivity contribution in [3.8, 4) is 0 Å². The number of nitrogens with zero attached hydrogens (tertiary/aromatic N) is 2. The first-order chi connectivity index (χ1) is 10.4. The van der Waals surface area contributed by atoms with E-state index in [1.807, 2.05) is 11.8 Å². The molecular weight excluding hydrogens is 284 g/mol. The van der Waals surface area contributed by atoms with Crippen molar-refractivity contribution in [3.05, 3.63) is 24.8 Å². The molecule has 0 aromatic heterocycles. The molecule has 6 nitrogen and oxygen atoms in total. The molecule has 126 valence electrons. The molecule has 0 atom stereocenters. The fraction of sp³-hybridized carbons (Fsp3) is 0.625. The normalized spacial score (nSPS) is 14.6. The van der Waals surface area contributed by atoms with Gasteiger partial charge in [-0.15, -0.1) is 0 Å². The first-order valence-electron chi connectivity index (χ1n) is 7.42. The number of piperazine rings is 1. The second kappa shape index (κ2) is 11.9. The van der Waals surface area contributed by atoms with Crippen molar-refractivity contribution in [1.29, 1.82) is 0 Å². The zero-order chi connectivity index (χ0) is 17.0. The summed E-state index contributed by atoms with van der Waals surface area (Å²) < 4.78 is 9.53. The number of esters is 1. The molecule has 6 heteroatoms.